The van der Waals surface area contributed by atoms with Crippen molar-refractivity contribution in [2.45, 2.75) is 51.2 Å². The van der Waals surface area contributed by atoms with Gasteiger partial charge in [-0.3, -0.25) is 0 Å². The topological polar surface area (TPSA) is 36.6 Å². The summed E-state index contributed by atoms with van der Waals surface area (Å²) < 4.78 is 5.25. The molecule has 2 heterocycles. The van der Waals surface area contributed by atoms with E-state index in [9.17, 15) is 5.11 Å². The lowest BCUT2D eigenvalue weighted by atomic mass is 10.0. The van der Waals surface area contributed by atoms with Crippen LogP contribution >= 0.6 is 0 Å². The summed E-state index contributed by atoms with van der Waals surface area (Å²) in [6, 6.07) is 4.22. The van der Waals surface area contributed by atoms with E-state index < -0.39 is 6.10 Å². The number of hydrogen-bond donors (Lipinski definition) is 1. The molecule has 1 aliphatic heterocycles. The van der Waals surface area contributed by atoms with Gasteiger partial charge in [-0.15, -0.1) is 0 Å². The zero-order valence-electron chi connectivity index (χ0n) is 10.6. The van der Waals surface area contributed by atoms with Crippen molar-refractivity contribution >= 4 is 0 Å². The first-order valence-electron chi connectivity index (χ1n) is 6.76. The van der Waals surface area contributed by atoms with Gasteiger partial charge in [-0.25, -0.2) is 0 Å². The molecule has 17 heavy (non-hydrogen) atoms. The molecule has 0 radical (unpaired) electrons. The molecule has 2 unspecified atom stereocenters. The van der Waals surface area contributed by atoms with Crippen molar-refractivity contribution in [2.75, 3.05) is 13.1 Å². The first-order chi connectivity index (χ1) is 8.31. The Morgan fingerprint density at radius 3 is 3.18 bits per heavy atom. The SMILES string of the molecule is CCCCN1CCCC1CC(O)c1ccco1. The molecule has 0 saturated carbocycles. The third-order valence-corrected chi connectivity index (χ3v) is 3.66. The predicted octanol–water partition coefficient (Wildman–Crippen LogP) is 2.97. The summed E-state index contributed by atoms with van der Waals surface area (Å²) >= 11 is 0. The van der Waals surface area contributed by atoms with Crippen LogP contribution in [0.15, 0.2) is 22.8 Å². The van der Waals surface area contributed by atoms with Gasteiger partial charge < -0.3 is 14.4 Å². The van der Waals surface area contributed by atoms with Gasteiger partial charge in [0.25, 0.3) is 0 Å². The van der Waals surface area contributed by atoms with Crippen LogP contribution in [0.4, 0.5) is 0 Å². The molecule has 3 heteroatoms. The molecule has 0 spiro atoms. The second kappa shape index (κ2) is 6.22. The fourth-order valence-electron chi connectivity index (χ4n) is 2.67. The molecule has 96 valence electrons. The zero-order valence-corrected chi connectivity index (χ0v) is 10.6. The third-order valence-electron chi connectivity index (χ3n) is 3.66. The van der Waals surface area contributed by atoms with Gasteiger partial charge in [0, 0.05) is 6.04 Å². The van der Waals surface area contributed by atoms with E-state index in [1.54, 1.807) is 6.26 Å². The molecule has 1 aromatic rings. The highest BCUT2D eigenvalue weighted by Crippen LogP contribution is 2.27. The number of aliphatic hydroxyl groups excluding tert-OH is 1. The molecule has 1 fully saturated rings. The number of unbranched alkanes of at least 4 members (excludes halogenated alkanes) is 1. The average molecular weight is 237 g/mol. The van der Waals surface area contributed by atoms with Crippen LogP contribution in [0.1, 0.15) is 50.9 Å². The van der Waals surface area contributed by atoms with Crippen LogP contribution < -0.4 is 0 Å². The molecule has 0 amide bonds. The molecule has 3 nitrogen and oxygen atoms in total. The number of hydrogen-bond acceptors (Lipinski definition) is 3. The summed E-state index contributed by atoms with van der Waals surface area (Å²) in [5.74, 6) is 0.701. The minimum Gasteiger partial charge on any atom is -0.467 e. The second-order valence-corrected chi connectivity index (χ2v) is 4.95. The van der Waals surface area contributed by atoms with Crippen LogP contribution in [-0.4, -0.2) is 29.1 Å². The van der Waals surface area contributed by atoms with E-state index >= 15 is 0 Å². The van der Waals surface area contributed by atoms with Gasteiger partial charge in [-0.2, -0.15) is 0 Å². The molecule has 1 N–H and O–H groups in total. The molecule has 1 aliphatic rings. The Hall–Kier alpha value is -0.800. The van der Waals surface area contributed by atoms with E-state index in [0.717, 1.165) is 6.42 Å². The summed E-state index contributed by atoms with van der Waals surface area (Å²) in [6.07, 6.45) is 6.95. The Labute approximate surface area is 103 Å². The second-order valence-electron chi connectivity index (χ2n) is 4.95. The summed E-state index contributed by atoms with van der Waals surface area (Å²) in [5.41, 5.74) is 0. The molecule has 0 aromatic carbocycles. The maximum atomic E-state index is 10.1. The molecule has 2 rings (SSSR count). The van der Waals surface area contributed by atoms with Crippen LogP contribution in [0.5, 0.6) is 0 Å². The fraction of sp³-hybridized carbons (Fsp3) is 0.714. The number of rotatable bonds is 6. The normalized spacial score (nSPS) is 23.1. The molecule has 0 aliphatic carbocycles. The lowest BCUT2D eigenvalue weighted by Crippen LogP contribution is -2.31. The molecular weight excluding hydrogens is 214 g/mol. The lowest BCUT2D eigenvalue weighted by molar-refractivity contribution is 0.101. The van der Waals surface area contributed by atoms with Gasteiger partial charge in [-0.05, 0) is 50.9 Å². The quantitative estimate of drug-likeness (QED) is 0.826. The van der Waals surface area contributed by atoms with E-state index in [-0.39, 0.29) is 0 Å². The van der Waals surface area contributed by atoms with Crippen molar-refractivity contribution in [3.05, 3.63) is 24.2 Å². The maximum absolute atomic E-state index is 10.1. The number of furan rings is 1. The van der Waals surface area contributed by atoms with Gasteiger partial charge >= 0.3 is 0 Å². The highest BCUT2D eigenvalue weighted by Gasteiger charge is 2.27. The Bertz CT molecular complexity index is 310. The van der Waals surface area contributed by atoms with Crippen LogP contribution in [0.25, 0.3) is 0 Å². The fourth-order valence-corrected chi connectivity index (χ4v) is 2.67. The van der Waals surface area contributed by atoms with E-state index in [1.807, 2.05) is 12.1 Å². The van der Waals surface area contributed by atoms with Crippen LogP contribution in [0.3, 0.4) is 0 Å². The van der Waals surface area contributed by atoms with Gasteiger partial charge in [0.1, 0.15) is 11.9 Å². The molecule has 2 atom stereocenters. The highest BCUT2D eigenvalue weighted by molar-refractivity contribution is 5.02. The minimum atomic E-state index is -0.447. The van der Waals surface area contributed by atoms with Crippen molar-refractivity contribution in [3.63, 3.8) is 0 Å². The summed E-state index contributed by atoms with van der Waals surface area (Å²) in [4.78, 5) is 2.52. The van der Waals surface area contributed by atoms with Crippen molar-refractivity contribution in [2.24, 2.45) is 0 Å². The van der Waals surface area contributed by atoms with E-state index in [0.29, 0.717) is 11.8 Å². The van der Waals surface area contributed by atoms with Crippen molar-refractivity contribution in [3.8, 4) is 0 Å². The van der Waals surface area contributed by atoms with Crippen molar-refractivity contribution in [1.82, 2.24) is 4.90 Å². The van der Waals surface area contributed by atoms with Gasteiger partial charge in [0.15, 0.2) is 0 Å². The molecule has 1 saturated heterocycles. The van der Waals surface area contributed by atoms with E-state index in [4.69, 9.17) is 4.42 Å². The Balaban J connectivity index is 1.84. The summed E-state index contributed by atoms with van der Waals surface area (Å²) in [7, 11) is 0. The zero-order chi connectivity index (χ0) is 12.1. The highest BCUT2D eigenvalue weighted by atomic mass is 16.4. The molecule has 0 bridgehead atoms. The number of nitrogens with zero attached hydrogens (tertiary/aromatic N) is 1. The molecular formula is C14H23NO2. The summed E-state index contributed by atoms with van der Waals surface area (Å²) in [6.45, 7) is 4.59. The molecule has 1 aromatic heterocycles. The minimum absolute atomic E-state index is 0.447. The van der Waals surface area contributed by atoms with Crippen LogP contribution in [0, 0.1) is 0 Å². The van der Waals surface area contributed by atoms with Gasteiger partial charge in [0.2, 0.25) is 0 Å². The predicted molar refractivity (Wildman–Crippen MR) is 67.8 cm³/mol. The monoisotopic (exact) mass is 237 g/mol. The van der Waals surface area contributed by atoms with Crippen LogP contribution in [-0.2, 0) is 0 Å². The Kier molecular flexibility index (Phi) is 4.63. The number of aliphatic hydroxyl groups is 1. The smallest absolute Gasteiger partial charge is 0.132 e. The number of likely N-dealkylation sites (tertiary alicyclic amines) is 1. The maximum Gasteiger partial charge on any atom is 0.132 e. The third kappa shape index (κ3) is 3.33. The Morgan fingerprint density at radius 1 is 1.59 bits per heavy atom. The van der Waals surface area contributed by atoms with Gasteiger partial charge in [0.05, 0.1) is 6.26 Å². The first-order valence-corrected chi connectivity index (χ1v) is 6.76. The van der Waals surface area contributed by atoms with Gasteiger partial charge in [-0.1, -0.05) is 13.3 Å². The largest absolute Gasteiger partial charge is 0.467 e. The van der Waals surface area contributed by atoms with Crippen LogP contribution in [0.2, 0.25) is 0 Å². The van der Waals surface area contributed by atoms with Crippen molar-refractivity contribution < 1.29 is 9.52 Å². The van der Waals surface area contributed by atoms with E-state index in [1.165, 1.54) is 38.8 Å². The lowest BCUT2D eigenvalue weighted by Gasteiger charge is -2.25. The van der Waals surface area contributed by atoms with E-state index in [2.05, 4.69) is 11.8 Å². The average Bonchev–Trinajstić information content (AvgIpc) is 2.97. The van der Waals surface area contributed by atoms with Crippen molar-refractivity contribution in [1.29, 1.82) is 0 Å². The standard InChI is InChI=1S/C14H23NO2/c1-2-3-8-15-9-4-6-12(15)11-13(16)14-7-5-10-17-14/h5,7,10,12-13,16H,2-4,6,8-9,11H2,1H3. The Morgan fingerprint density at radius 2 is 2.47 bits per heavy atom. The summed E-state index contributed by atoms with van der Waals surface area (Å²) in [5, 5.41) is 10.1. The first kappa shape index (κ1) is 12.7.